The van der Waals surface area contributed by atoms with E-state index in [2.05, 4.69) is 20.0 Å². The van der Waals surface area contributed by atoms with Gasteiger partial charge in [-0.1, -0.05) is 0 Å². The summed E-state index contributed by atoms with van der Waals surface area (Å²) in [5.41, 5.74) is 1.48. The van der Waals surface area contributed by atoms with Gasteiger partial charge in [0.2, 0.25) is 5.69 Å². The number of nitrogens with zero attached hydrogens (tertiary/aromatic N) is 4. The molecular formula is C11H10N4O3. The molecule has 0 saturated heterocycles. The van der Waals surface area contributed by atoms with Gasteiger partial charge in [0.1, 0.15) is 0 Å². The van der Waals surface area contributed by atoms with Crippen LogP contribution in [0.3, 0.4) is 0 Å². The van der Waals surface area contributed by atoms with Crippen LogP contribution < -0.4 is 4.85 Å². The monoisotopic (exact) mass is 246 g/mol. The Morgan fingerprint density at radius 3 is 2.78 bits per heavy atom. The summed E-state index contributed by atoms with van der Waals surface area (Å²) in [4.78, 5) is 11.6. The molecule has 2 rings (SSSR count). The third-order valence-corrected chi connectivity index (χ3v) is 2.38. The molecule has 0 amide bonds. The lowest BCUT2D eigenvalue weighted by atomic mass is 10.1. The molecule has 0 saturated carbocycles. The second kappa shape index (κ2) is 4.74. The average molecular weight is 246 g/mol. The lowest BCUT2D eigenvalue weighted by Gasteiger charge is -2.04. The van der Waals surface area contributed by atoms with Crippen LogP contribution in [0.15, 0.2) is 24.4 Å². The van der Waals surface area contributed by atoms with Gasteiger partial charge >= 0.3 is 5.97 Å². The van der Waals surface area contributed by atoms with Crippen LogP contribution in [0.5, 0.6) is 0 Å². The predicted octanol–water partition coefficient (Wildman–Crippen LogP) is 0.267. The lowest BCUT2D eigenvalue weighted by molar-refractivity contribution is -0.658. The molecule has 2 aromatic rings. The van der Waals surface area contributed by atoms with Crippen molar-refractivity contribution in [2.75, 3.05) is 7.11 Å². The SMILES string of the molecule is COC(=O)c1ccc(-c2ccnnc2C)[n+]([O-])n1. The molecule has 92 valence electrons. The minimum atomic E-state index is -0.657. The molecule has 7 heteroatoms. The first-order valence-corrected chi connectivity index (χ1v) is 5.11. The molecule has 7 nitrogen and oxygen atoms in total. The number of carbonyl (C=O) groups excluding carboxylic acids is 1. The van der Waals surface area contributed by atoms with E-state index >= 15 is 0 Å². The molecule has 0 bridgehead atoms. The Balaban J connectivity index is 2.49. The standard InChI is InChI=1S/C11H10N4O3/c1-7-8(5-6-12-13-7)10-4-3-9(11(16)18-2)14-15(10)17/h3-6H,1-2H3. The zero-order valence-corrected chi connectivity index (χ0v) is 9.82. The smallest absolute Gasteiger partial charge is 0.362 e. The molecule has 2 heterocycles. The maximum absolute atomic E-state index is 11.8. The molecule has 2 aromatic heterocycles. The fraction of sp³-hybridized carbons (Fsp3) is 0.182. The number of hydrogen-bond donors (Lipinski definition) is 0. The maximum atomic E-state index is 11.8. The Kier molecular flexibility index (Phi) is 3.13. The maximum Gasteiger partial charge on any atom is 0.362 e. The number of carbonyl (C=O) groups is 1. The zero-order valence-electron chi connectivity index (χ0n) is 9.82. The van der Waals surface area contributed by atoms with Gasteiger partial charge in [0, 0.05) is 11.2 Å². The molecule has 0 aliphatic heterocycles. The summed E-state index contributed by atoms with van der Waals surface area (Å²) in [6.45, 7) is 1.73. The summed E-state index contributed by atoms with van der Waals surface area (Å²) < 4.78 is 4.48. The van der Waals surface area contributed by atoms with E-state index in [1.165, 1.54) is 25.4 Å². The van der Waals surface area contributed by atoms with Gasteiger partial charge in [0.25, 0.3) is 5.69 Å². The number of rotatable bonds is 2. The van der Waals surface area contributed by atoms with Gasteiger partial charge in [-0.05, 0) is 23.9 Å². The summed E-state index contributed by atoms with van der Waals surface area (Å²) in [6, 6.07) is 4.58. The predicted molar refractivity (Wildman–Crippen MR) is 60.3 cm³/mol. The van der Waals surface area contributed by atoms with E-state index in [0.29, 0.717) is 21.8 Å². The summed E-state index contributed by atoms with van der Waals surface area (Å²) in [5.74, 6) is -0.657. The van der Waals surface area contributed by atoms with Crippen molar-refractivity contribution in [2.24, 2.45) is 0 Å². The van der Waals surface area contributed by atoms with E-state index in [4.69, 9.17) is 0 Å². The van der Waals surface area contributed by atoms with Gasteiger partial charge in [-0.25, -0.2) is 4.79 Å². The fourth-order valence-corrected chi connectivity index (χ4v) is 1.49. The molecule has 18 heavy (non-hydrogen) atoms. The van der Waals surface area contributed by atoms with Gasteiger partial charge in [-0.2, -0.15) is 10.2 Å². The second-order valence-electron chi connectivity index (χ2n) is 3.50. The molecule has 0 aliphatic rings. The third kappa shape index (κ3) is 2.10. The van der Waals surface area contributed by atoms with E-state index in [1.807, 2.05) is 0 Å². The second-order valence-corrected chi connectivity index (χ2v) is 3.50. The highest BCUT2D eigenvalue weighted by Gasteiger charge is 2.18. The summed E-state index contributed by atoms with van der Waals surface area (Å²) in [6.07, 6.45) is 1.48. The third-order valence-electron chi connectivity index (χ3n) is 2.38. The van der Waals surface area contributed by atoms with Crippen LogP contribution >= 0.6 is 0 Å². The van der Waals surface area contributed by atoms with Gasteiger partial charge < -0.3 is 9.94 Å². The highest BCUT2D eigenvalue weighted by Crippen LogP contribution is 2.16. The van der Waals surface area contributed by atoms with Crippen molar-refractivity contribution in [2.45, 2.75) is 6.92 Å². The molecule has 0 atom stereocenters. The number of aromatic nitrogens is 4. The first-order valence-electron chi connectivity index (χ1n) is 5.11. The van der Waals surface area contributed by atoms with Crippen LogP contribution in [-0.2, 0) is 4.74 Å². The molecule has 0 aromatic carbocycles. The highest BCUT2D eigenvalue weighted by atomic mass is 16.5. The molecular weight excluding hydrogens is 236 g/mol. The van der Waals surface area contributed by atoms with Gasteiger partial charge in [-0.15, -0.1) is 0 Å². The van der Waals surface area contributed by atoms with Crippen molar-refractivity contribution < 1.29 is 14.4 Å². The van der Waals surface area contributed by atoms with E-state index in [-0.39, 0.29) is 5.69 Å². The van der Waals surface area contributed by atoms with Crippen LogP contribution in [0.4, 0.5) is 0 Å². The first-order chi connectivity index (χ1) is 8.63. The molecule has 0 radical (unpaired) electrons. The van der Waals surface area contributed by atoms with Crippen molar-refractivity contribution in [1.29, 1.82) is 0 Å². The van der Waals surface area contributed by atoms with Gasteiger partial charge in [0.15, 0.2) is 0 Å². The zero-order chi connectivity index (χ0) is 13.1. The van der Waals surface area contributed by atoms with Crippen LogP contribution in [0.1, 0.15) is 16.2 Å². The van der Waals surface area contributed by atoms with Crippen molar-refractivity contribution in [3.8, 4) is 11.3 Å². The van der Waals surface area contributed by atoms with E-state index in [9.17, 15) is 10.0 Å². The topological polar surface area (TPSA) is 91.9 Å². The minimum absolute atomic E-state index is 0.0454. The Morgan fingerprint density at radius 2 is 2.17 bits per heavy atom. The van der Waals surface area contributed by atoms with Gasteiger partial charge in [-0.3, -0.25) is 0 Å². The summed E-state index contributed by atoms with van der Waals surface area (Å²) in [5, 5.41) is 22.9. The van der Waals surface area contributed by atoms with Crippen LogP contribution in [-0.4, -0.2) is 28.4 Å². The van der Waals surface area contributed by atoms with Gasteiger partial charge in [0.05, 0.1) is 24.6 Å². The van der Waals surface area contributed by atoms with Crippen molar-refractivity contribution in [1.82, 2.24) is 15.3 Å². The molecule has 0 spiro atoms. The molecule has 0 fully saturated rings. The van der Waals surface area contributed by atoms with Crippen LogP contribution in [0, 0.1) is 12.1 Å². The Bertz CT molecular complexity index is 601. The number of hydrogen-bond acceptors (Lipinski definition) is 6. The van der Waals surface area contributed by atoms with Crippen molar-refractivity contribution >= 4 is 5.97 Å². The average Bonchev–Trinajstić information content (AvgIpc) is 2.39. The lowest BCUT2D eigenvalue weighted by Crippen LogP contribution is -2.36. The Morgan fingerprint density at radius 1 is 1.39 bits per heavy atom. The quantitative estimate of drug-likeness (QED) is 0.429. The Hall–Kier alpha value is -2.57. The van der Waals surface area contributed by atoms with Crippen molar-refractivity contribution in [3.63, 3.8) is 0 Å². The minimum Gasteiger partial charge on any atom is -0.594 e. The largest absolute Gasteiger partial charge is 0.594 e. The van der Waals surface area contributed by atoms with Crippen molar-refractivity contribution in [3.05, 3.63) is 41.0 Å². The summed E-state index contributed by atoms with van der Waals surface area (Å²) in [7, 11) is 1.23. The number of methoxy groups -OCH3 is 1. The molecule has 0 N–H and O–H groups in total. The Labute approximate surface area is 103 Å². The van der Waals surface area contributed by atoms with E-state index < -0.39 is 5.97 Å². The number of aryl methyl sites for hydroxylation is 1. The van der Waals surface area contributed by atoms with Crippen LogP contribution in [0.25, 0.3) is 11.3 Å². The summed E-state index contributed by atoms with van der Waals surface area (Å²) >= 11 is 0. The number of ether oxygens (including phenoxy) is 1. The molecule has 0 aliphatic carbocycles. The first kappa shape index (κ1) is 11.9. The van der Waals surface area contributed by atoms with Crippen LogP contribution in [0.2, 0.25) is 0 Å². The normalized spacial score (nSPS) is 10.1. The van der Waals surface area contributed by atoms with E-state index in [1.54, 1.807) is 13.0 Å². The number of esters is 1. The fourth-order valence-electron chi connectivity index (χ4n) is 1.49. The van der Waals surface area contributed by atoms with E-state index in [0.717, 1.165) is 0 Å². The highest BCUT2D eigenvalue weighted by molar-refractivity contribution is 5.86. The molecule has 0 unspecified atom stereocenters.